The van der Waals surface area contributed by atoms with E-state index < -0.39 is 11.9 Å². The summed E-state index contributed by atoms with van der Waals surface area (Å²) in [5.41, 5.74) is 2.65. The lowest BCUT2D eigenvalue weighted by molar-refractivity contribution is -0.119. The van der Waals surface area contributed by atoms with E-state index in [1.807, 2.05) is 42.5 Å². The first-order valence-electron chi connectivity index (χ1n) is 8.87. The van der Waals surface area contributed by atoms with Crippen LogP contribution in [0, 0.1) is 0 Å². The van der Waals surface area contributed by atoms with Crippen molar-refractivity contribution in [1.29, 1.82) is 0 Å². The molecule has 1 heterocycles. The highest BCUT2D eigenvalue weighted by molar-refractivity contribution is 6.03. The van der Waals surface area contributed by atoms with Crippen LogP contribution in [-0.2, 0) is 9.53 Å². The average Bonchev–Trinajstić information content (AvgIpc) is 3.12. The van der Waals surface area contributed by atoms with E-state index in [0.717, 1.165) is 24.3 Å². The predicted molar refractivity (Wildman–Crippen MR) is 105 cm³/mol. The van der Waals surface area contributed by atoms with Crippen LogP contribution >= 0.6 is 0 Å². The number of hydrogen-bond donors (Lipinski definition) is 2. The number of ether oxygens (including phenoxy) is 1. The van der Waals surface area contributed by atoms with E-state index in [4.69, 9.17) is 4.74 Å². The van der Waals surface area contributed by atoms with Crippen molar-refractivity contribution >= 4 is 34.2 Å². The van der Waals surface area contributed by atoms with Crippen molar-refractivity contribution in [1.82, 2.24) is 10.2 Å². The lowest BCUT2D eigenvalue weighted by atomic mass is 10.2. The molecule has 0 aliphatic heterocycles. The van der Waals surface area contributed by atoms with E-state index in [9.17, 15) is 9.59 Å². The van der Waals surface area contributed by atoms with Crippen LogP contribution in [0.15, 0.2) is 48.5 Å². The van der Waals surface area contributed by atoms with Gasteiger partial charge in [0.05, 0.1) is 5.52 Å². The number of H-pyrrole nitrogens is 1. The number of aromatic amines is 1. The molecule has 1 amide bonds. The smallest absolute Gasteiger partial charge is 0.359 e. The Kier molecular flexibility index (Phi) is 5.71. The third-order valence-corrected chi connectivity index (χ3v) is 4.28. The second-order valence-electron chi connectivity index (χ2n) is 5.96. The number of aromatic nitrogens is 2. The summed E-state index contributed by atoms with van der Waals surface area (Å²) in [6, 6.07) is 14.8. The highest BCUT2D eigenvalue weighted by Gasteiger charge is 2.16. The van der Waals surface area contributed by atoms with Gasteiger partial charge < -0.3 is 15.0 Å². The zero-order valence-corrected chi connectivity index (χ0v) is 15.4. The molecule has 0 unspecified atom stereocenters. The number of rotatable bonds is 7. The average molecular weight is 366 g/mol. The first-order valence-corrected chi connectivity index (χ1v) is 8.87. The lowest BCUT2D eigenvalue weighted by Gasteiger charge is -2.21. The zero-order valence-electron chi connectivity index (χ0n) is 15.4. The Labute approximate surface area is 157 Å². The molecule has 2 N–H and O–H groups in total. The number of nitrogens with one attached hydrogen (secondary N) is 2. The van der Waals surface area contributed by atoms with Crippen molar-refractivity contribution in [2.24, 2.45) is 0 Å². The summed E-state index contributed by atoms with van der Waals surface area (Å²) < 4.78 is 5.08. The first-order chi connectivity index (χ1) is 13.1. The molecule has 0 saturated heterocycles. The number of nitrogens with zero attached hydrogens (tertiary/aromatic N) is 2. The topological polar surface area (TPSA) is 87.3 Å². The maximum atomic E-state index is 12.2. The molecular weight excluding hydrogens is 344 g/mol. The van der Waals surface area contributed by atoms with Crippen molar-refractivity contribution in [2.45, 2.75) is 13.8 Å². The summed E-state index contributed by atoms with van der Waals surface area (Å²) in [5, 5.41) is 10.1. The number of esters is 1. The molecule has 140 valence electrons. The summed E-state index contributed by atoms with van der Waals surface area (Å²) in [4.78, 5) is 26.4. The predicted octanol–water partition coefficient (Wildman–Crippen LogP) is 3.20. The number of carbonyl (C=O) groups excluding carboxylic acids is 2. The van der Waals surface area contributed by atoms with Gasteiger partial charge in [0.25, 0.3) is 5.91 Å². The van der Waals surface area contributed by atoms with Gasteiger partial charge in [-0.15, -0.1) is 0 Å². The third kappa shape index (κ3) is 4.25. The van der Waals surface area contributed by atoms with E-state index in [1.165, 1.54) is 0 Å². The Bertz CT molecular complexity index is 930. The molecule has 7 heteroatoms. The van der Waals surface area contributed by atoms with E-state index in [2.05, 4.69) is 34.3 Å². The molecule has 3 rings (SSSR count). The molecule has 0 spiro atoms. The van der Waals surface area contributed by atoms with E-state index in [1.54, 1.807) is 6.07 Å². The summed E-state index contributed by atoms with van der Waals surface area (Å²) in [6.45, 7) is 5.64. The van der Waals surface area contributed by atoms with Gasteiger partial charge in [0, 0.05) is 29.9 Å². The maximum absolute atomic E-state index is 12.2. The van der Waals surface area contributed by atoms with Crippen LogP contribution in [0.2, 0.25) is 0 Å². The number of hydrogen-bond acceptors (Lipinski definition) is 5. The van der Waals surface area contributed by atoms with Gasteiger partial charge in [0.15, 0.2) is 12.3 Å². The van der Waals surface area contributed by atoms with Crippen molar-refractivity contribution in [3.05, 3.63) is 54.2 Å². The highest BCUT2D eigenvalue weighted by Crippen LogP contribution is 2.18. The van der Waals surface area contributed by atoms with Crippen molar-refractivity contribution < 1.29 is 14.3 Å². The first kappa shape index (κ1) is 18.4. The largest absolute Gasteiger partial charge is 0.451 e. The van der Waals surface area contributed by atoms with Crippen LogP contribution in [0.3, 0.4) is 0 Å². The van der Waals surface area contributed by atoms with Gasteiger partial charge in [-0.05, 0) is 44.2 Å². The molecule has 0 aliphatic rings. The number of amides is 1. The molecule has 0 atom stereocenters. The Morgan fingerprint density at radius 2 is 1.78 bits per heavy atom. The number of carbonyl (C=O) groups is 2. The van der Waals surface area contributed by atoms with Gasteiger partial charge >= 0.3 is 5.97 Å². The minimum absolute atomic E-state index is 0.168. The van der Waals surface area contributed by atoms with Crippen molar-refractivity contribution in [2.75, 3.05) is 29.9 Å². The fourth-order valence-corrected chi connectivity index (χ4v) is 2.86. The number of anilines is 2. The SMILES string of the molecule is CCN(CC)c1ccc(NC(=O)COC(=O)c2n[nH]c3ccccc23)cc1. The standard InChI is InChI=1S/C20H22N4O3/c1-3-24(4-2)15-11-9-14(10-12-15)21-18(25)13-27-20(26)19-16-7-5-6-8-17(16)22-23-19/h5-12H,3-4,13H2,1-2H3,(H,21,25)(H,22,23). The van der Waals surface area contributed by atoms with E-state index in [0.29, 0.717) is 11.1 Å². The summed E-state index contributed by atoms with van der Waals surface area (Å²) in [6.07, 6.45) is 0. The van der Waals surface area contributed by atoms with Crippen LogP contribution in [0.25, 0.3) is 10.9 Å². The Balaban J connectivity index is 1.56. The minimum atomic E-state index is -0.639. The molecule has 0 radical (unpaired) electrons. The summed E-state index contributed by atoms with van der Waals surface area (Å²) in [5.74, 6) is -1.04. The Morgan fingerprint density at radius 3 is 2.48 bits per heavy atom. The fraction of sp³-hybridized carbons (Fsp3) is 0.250. The molecule has 0 saturated carbocycles. The highest BCUT2D eigenvalue weighted by atomic mass is 16.5. The molecule has 2 aromatic carbocycles. The Morgan fingerprint density at radius 1 is 1.07 bits per heavy atom. The summed E-state index contributed by atoms with van der Waals surface area (Å²) in [7, 11) is 0. The van der Waals surface area contributed by atoms with Gasteiger partial charge in [-0.25, -0.2) is 4.79 Å². The minimum Gasteiger partial charge on any atom is -0.451 e. The fourth-order valence-electron chi connectivity index (χ4n) is 2.86. The maximum Gasteiger partial charge on any atom is 0.359 e. The van der Waals surface area contributed by atoms with Gasteiger partial charge in [0.1, 0.15) is 0 Å². The van der Waals surface area contributed by atoms with Crippen LogP contribution in [0.4, 0.5) is 11.4 Å². The van der Waals surface area contributed by atoms with Crippen molar-refractivity contribution in [3.8, 4) is 0 Å². The van der Waals surface area contributed by atoms with Gasteiger partial charge in [0.2, 0.25) is 0 Å². The molecular formula is C20H22N4O3. The molecule has 1 aromatic heterocycles. The van der Waals surface area contributed by atoms with Crippen molar-refractivity contribution in [3.63, 3.8) is 0 Å². The molecule has 27 heavy (non-hydrogen) atoms. The van der Waals surface area contributed by atoms with Gasteiger partial charge in [-0.2, -0.15) is 5.10 Å². The monoisotopic (exact) mass is 366 g/mol. The number of fused-ring (bicyclic) bond motifs is 1. The number of benzene rings is 2. The molecule has 0 aliphatic carbocycles. The van der Waals surface area contributed by atoms with Gasteiger partial charge in [-0.1, -0.05) is 18.2 Å². The van der Waals surface area contributed by atoms with Crippen LogP contribution < -0.4 is 10.2 Å². The van der Waals surface area contributed by atoms with Crippen LogP contribution in [0.1, 0.15) is 24.3 Å². The third-order valence-electron chi connectivity index (χ3n) is 4.28. The van der Waals surface area contributed by atoms with Crippen LogP contribution in [-0.4, -0.2) is 41.8 Å². The number of para-hydroxylation sites is 1. The quantitative estimate of drug-likeness (QED) is 0.627. The second kappa shape index (κ2) is 8.35. The normalized spacial score (nSPS) is 10.6. The van der Waals surface area contributed by atoms with Gasteiger partial charge in [-0.3, -0.25) is 9.89 Å². The molecule has 3 aromatic rings. The zero-order chi connectivity index (χ0) is 19.2. The lowest BCUT2D eigenvalue weighted by Crippen LogP contribution is -2.22. The molecule has 7 nitrogen and oxygen atoms in total. The van der Waals surface area contributed by atoms with Crippen LogP contribution in [0.5, 0.6) is 0 Å². The second-order valence-corrected chi connectivity index (χ2v) is 5.96. The molecule has 0 fully saturated rings. The van der Waals surface area contributed by atoms with E-state index >= 15 is 0 Å². The summed E-state index contributed by atoms with van der Waals surface area (Å²) >= 11 is 0. The Hall–Kier alpha value is -3.35. The van der Waals surface area contributed by atoms with E-state index in [-0.39, 0.29) is 12.3 Å². The molecule has 0 bridgehead atoms.